The van der Waals surface area contributed by atoms with Crippen LogP contribution < -0.4 is 5.32 Å². The van der Waals surface area contributed by atoms with Crippen LogP contribution in [0.2, 0.25) is 0 Å². The minimum absolute atomic E-state index is 0.00884. The number of nitrogens with one attached hydrogen (secondary N) is 1. The fourth-order valence-electron chi connectivity index (χ4n) is 2.45. The molecule has 1 saturated heterocycles. The van der Waals surface area contributed by atoms with Crippen LogP contribution in [0.25, 0.3) is 0 Å². The van der Waals surface area contributed by atoms with Gasteiger partial charge in [-0.2, -0.15) is 0 Å². The zero-order valence-corrected chi connectivity index (χ0v) is 12.6. The second-order valence-corrected chi connectivity index (χ2v) is 5.44. The lowest BCUT2D eigenvalue weighted by atomic mass is 9.97. The molecule has 22 heavy (non-hydrogen) atoms. The van der Waals surface area contributed by atoms with E-state index in [1.807, 2.05) is 37.3 Å². The Morgan fingerprint density at radius 3 is 2.82 bits per heavy atom. The first-order chi connectivity index (χ1) is 10.5. The Kier molecular flexibility index (Phi) is 5.71. The van der Waals surface area contributed by atoms with Crippen LogP contribution in [0.5, 0.6) is 0 Å². The number of carbonyl (C=O) groups is 1. The highest BCUT2D eigenvalue weighted by molar-refractivity contribution is 5.67. The van der Waals surface area contributed by atoms with Crippen molar-refractivity contribution in [1.82, 2.24) is 5.32 Å². The second kappa shape index (κ2) is 7.54. The summed E-state index contributed by atoms with van der Waals surface area (Å²) in [6.07, 6.45) is -1.43. The maximum absolute atomic E-state index is 13.4. The van der Waals surface area contributed by atoms with E-state index < -0.39 is 24.2 Å². The van der Waals surface area contributed by atoms with Gasteiger partial charge in [0.15, 0.2) is 0 Å². The Morgan fingerprint density at radius 1 is 1.45 bits per heavy atom. The molecule has 1 N–H and O–H groups in total. The van der Waals surface area contributed by atoms with Gasteiger partial charge >= 0.3 is 6.09 Å². The highest BCUT2D eigenvalue weighted by Crippen LogP contribution is 2.31. The van der Waals surface area contributed by atoms with Crippen LogP contribution in [0.4, 0.5) is 13.6 Å². The summed E-state index contributed by atoms with van der Waals surface area (Å²) in [4.78, 5) is 11.8. The van der Waals surface area contributed by atoms with E-state index in [-0.39, 0.29) is 26.1 Å². The van der Waals surface area contributed by atoms with Gasteiger partial charge < -0.3 is 14.8 Å². The molecule has 1 heterocycles. The Bertz CT molecular complexity index is 482. The summed E-state index contributed by atoms with van der Waals surface area (Å²) in [5.41, 5.74) is 0.867. The molecular weight excluding hydrogens is 292 g/mol. The highest BCUT2D eigenvalue weighted by atomic mass is 19.3. The van der Waals surface area contributed by atoms with E-state index in [4.69, 9.17) is 9.47 Å². The molecule has 0 spiro atoms. The van der Waals surface area contributed by atoms with Crippen molar-refractivity contribution in [2.75, 3.05) is 6.61 Å². The van der Waals surface area contributed by atoms with Gasteiger partial charge in [-0.3, -0.25) is 0 Å². The molecule has 1 aliphatic rings. The summed E-state index contributed by atoms with van der Waals surface area (Å²) < 4.78 is 37.4. The van der Waals surface area contributed by atoms with Gasteiger partial charge in [-0.25, -0.2) is 13.6 Å². The van der Waals surface area contributed by atoms with Crippen LogP contribution in [0.3, 0.4) is 0 Å². The zero-order valence-electron chi connectivity index (χ0n) is 12.6. The molecule has 1 aromatic rings. The van der Waals surface area contributed by atoms with Crippen molar-refractivity contribution in [2.45, 2.75) is 50.9 Å². The van der Waals surface area contributed by atoms with Crippen LogP contribution in [-0.4, -0.2) is 30.8 Å². The molecular formula is C16H21F2NO3. The van der Waals surface area contributed by atoms with Crippen LogP contribution in [0.1, 0.15) is 31.7 Å². The van der Waals surface area contributed by atoms with Crippen molar-refractivity contribution in [3.63, 3.8) is 0 Å². The topological polar surface area (TPSA) is 47.6 Å². The van der Waals surface area contributed by atoms with Gasteiger partial charge in [0.2, 0.25) is 0 Å². The molecule has 0 aromatic heterocycles. The molecule has 4 nitrogen and oxygen atoms in total. The molecule has 0 bridgehead atoms. The molecule has 1 aliphatic heterocycles. The minimum Gasteiger partial charge on any atom is -0.445 e. The molecule has 6 heteroatoms. The molecule has 1 amide bonds. The summed E-state index contributed by atoms with van der Waals surface area (Å²) in [7, 11) is 0. The number of carbonyl (C=O) groups excluding carboxylic acids is 1. The van der Waals surface area contributed by atoms with E-state index in [1.54, 1.807) is 0 Å². The van der Waals surface area contributed by atoms with Crippen molar-refractivity contribution in [2.24, 2.45) is 0 Å². The largest absolute Gasteiger partial charge is 0.445 e. The van der Waals surface area contributed by atoms with E-state index in [1.165, 1.54) is 0 Å². The SMILES string of the molecule is CC[C@@H](NC(=O)OCc1ccccc1)C1CC(F)(F)CCO1. The first kappa shape index (κ1) is 16.7. The molecule has 0 saturated carbocycles. The lowest BCUT2D eigenvalue weighted by Gasteiger charge is -2.34. The predicted octanol–water partition coefficient (Wildman–Crippen LogP) is 3.51. The van der Waals surface area contributed by atoms with E-state index in [9.17, 15) is 13.6 Å². The quantitative estimate of drug-likeness (QED) is 0.905. The van der Waals surface area contributed by atoms with Crippen LogP contribution in [-0.2, 0) is 16.1 Å². The lowest BCUT2D eigenvalue weighted by Crippen LogP contribution is -2.49. The predicted molar refractivity (Wildman–Crippen MR) is 77.8 cm³/mol. The number of alkyl carbamates (subject to hydrolysis) is 1. The standard InChI is InChI=1S/C16H21F2NO3/c1-2-13(14-10-16(17,18)8-9-21-14)19-15(20)22-11-12-6-4-3-5-7-12/h3-7,13-14H,2,8-11H2,1H3,(H,19,20)/t13-,14?/m1/s1. The number of rotatable bonds is 5. The fraction of sp³-hybridized carbons (Fsp3) is 0.562. The maximum Gasteiger partial charge on any atom is 0.407 e. The Balaban J connectivity index is 1.83. The molecule has 1 unspecified atom stereocenters. The first-order valence-corrected chi connectivity index (χ1v) is 7.47. The van der Waals surface area contributed by atoms with Gasteiger partial charge in [0.25, 0.3) is 5.92 Å². The average Bonchev–Trinajstić information content (AvgIpc) is 2.50. The lowest BCUT2D eigenvalue weighted by molar-refractivity contribution is -0.135. The highest BCUT2D eigenvalue weighted by Gasteiger charge is 2.40. The number of benzene rings is 1. The first-order valence-electron chi connectivity index (χ1n) is 7.47. The third-order valence-electron chi connectivity index (χ3n) is 3.70. The van der Waals surface area contributed by atoms with Gasteiger partial charge in [0, 0.05) is 12.8 Å². The van der Waals surface area contributed by atoms with Crippen molar-refractivity contribution in [3.05, 3.63) is 35.9 Å². The number of hydrogen-bond acceptors (Lipinski definition) is 3. The van der Waals surface area contributed by atoms with Crippen LogP contribution in [0, 0.1) is 0 Å². The Labute approximate surface area is 128 Å². The van der Waals surface area contributed by atoms with E-state index >= 15 is 0 Å². The summed E-state index contributed by atoms with van der Waals surface area (Å²) in [5, 5.41) is 2.62. The monoisotopic (exact) mass is 313 g/mol. The third-order valence-corrected chi connectivity index (χ3v) is 3.70. The molecule has 2 rings (SSSR count). The van der Waals surface area contributed by atoms with Crippen LogP contribution >= 0.6 is 0 Å². The van der Waals surface area contributed by atoms with Crippen LogP contribution in [0.15, 0.2) is 30.3 Å². The van der Waals surface area contributed by atoms with Crippen molar-refractivity contribution in [1.29, 1.82) is 0 Å². The van der Waals surface area contributed by atoms with Gasteiger partial charge in [0.1, 0.15) is 6.61 Å². The minimum atomic E-state index is -2.73. The van der Waals surface area contributed by atoms with E-state index in [0.717, 1.165) is 5.56 Å². The zero-order chi connectivity index (χ0) is 16.0. The number of alkyl halides is 2. The molecule has 1 aromatic carbocycles. The molecule has 122 valence electrons. The summed E-state index contributed by atoms with van der Waals surface area (Å²) in [5.74, 6) is -2.73. The maximum atomic E-state index is 13.4. The third kappa shape index (κ3) is 4.94. The molecule has 0 aliphatic carbocycles. The number of amides is 1. The van der Waals surface area contributed by atoms with E-state index in [0.29, 0.717) is 6.42 Å². The van der Waals surface area contributed by atoms with Gasteiger partial charge in [0.05, 0.1) is 18.8 Å². The summed E-state index contributed by atoms with van der Waals surface area (Å²) in [6.45, 7) is 1.97. The van der Waals surface area contributed by atoms with Gasteiger partial charge in [-0.15, -0.1) is 0 Å². The number of hydrogen-bond donors (Lipinski definition) is 1. The summed E-state index contributed by atoms with van der Waals surface area (Å²) in [6, 6.07) is 8.78. The average molecular weight is 313 g/mol. The molecule has 0 radical (unpaired) electrons. The Hall–Kier alpha value is -1.69. The number of halogens is 2. The second-order valence-electron chi connectivity index (χ2n) is 5.44. The number of ether oxygens (including phenoxy) is 2. The summed E-state index contributed by atoms with van der Waals surface area (Å²) >= 11 is 0. The van der Waals surface area contributed by atoms with Crippen molar-refractivity contribution in [3.8, 4) is 0 Å². The normalized spacial score (nSPS) is 21.9. The van der Waals surface area contributed by atoms with Crippen molar-refractivity contribution >= 4 is 6.09 Å². The van der Waals surface area contributed by atoms with Crippen molar-refractivity contribution < 1.29 is 23.0 Å². The molecule has 2 atom stereocenters. The van der Waals surface area contributed by atoms with Gasteiger partial charge in [-0.05, 0) is 12.0 Å². The smallest absolute Gasteiger partial charge is 0.407 e. The Morgan fingerprint density at radius 2 is 2.18 bits per heavy atom. The fourth-order valence-corrected chi connectivity index (χ4v) is 2.45. The van der Waals surface area contributed by atoms with E-state index in [2.05, 4.69) is 5.32 Å². The molecule has 1 fully saturated rings. The van der Waals surface area contributed by atoms with Gasteiger partial charge in [-0.1, -0.05) is 37.3 Å².